The highest BCUT2D eigenvalue weighted by Crippen LogP contribution is 2.27. The fourth-order valence-corrected chi connectivity index (χ4v) is 4.66. The van der Waals surface area contributed by atoms with Gasteiger partial charge in [0.25, 0.3) is 10.0 Å². The van der Waals surface area contributed by atoms with Crippen LogP contribution in [0.4, 0.5) is 5.69 Å². The number of sulfonamides is 1. The number of aryl methyl sites for hydroxylation is 1. The largest absolute Gasteiger partial charge is 0.390 e. The molecule has 0 aliphatic rings. The molecule has 0 aliphatic heterocycles. The SMILES string of the molecule is C=C(CN(CC)C(=O)CN(c1ccc(C)cc1)S(=O)(=O)c1ccc(C(C)(C)C)cc1)N=CN. The monoisotopic (exact) mass is 470 g/mol. The predicted molar refractivity (Wildman–Crippen MR) is 135 cm³/mol. The van der Waals surface area contributed by atoms with Gasteiger partial charge in [-0.3, -0.25) is 9.10 Å². The van der Waals surface area contributed by atoms with Crippen LogP contribution < -0.4 is 10.0 Å². The Labute approximate surface area is 197 Å². The van der Waals surface area contributed by atoms with Crippen molar-refractivity contribution in [2.24, 2.45) is 10.7 Å². The van der Waals surface area contributed by atoms with Crippen LogP contribution in [-0.4, -0.2) is 45.2 Å². The van der Waals surface area contributed by atoms with E-state index in [1.165, 1.54) is 4.90 Å². The summed E-state index contributed by atoms with van der Waals surface area (Å²) in [6, 6.07) is 13.9. The van der Waals surface area contributed by atoms with Crippen molar-refractivity contribution < 1.29 is 13.2 Å². The summed E-state index contributed by atoms with van der Waals surface area (Å²) in [5.41, 5.74) is 8.05. The van der Waals surface area contributed by atoms with Crippen molar-refractivity contribution in [3.63, 3.8) is 0 Å². The van der Waals surface area contributed by atoms with Crippen LogP contribution in [0.1, 0.15) is 38.8 Å². The maximum absolute atomic E-state index is 13.6. The Morgan fingerprint density at radius 1 is 1.06 bits per heavy atom. The Balaban J connectivity index is 2.44. The number of aliphatic imine (C=N–C) groups is 1. The van der Waals surface area contributed by atoms with Crippen LogP contribution in [0.15, 0.2) is 70.7 Å². The summed E-state index contributed by atoms with van der Waals surface area (Å²) >= 11 is 0. The van der Waals surface area contributed by atoms with Crippen molar-refractivity contribution in [1.29, 1.82) is 0 Å². The summed E-state index contributed by atoms with van der Waals surface area (Å²) < 4.78 is 28.4. The maximum atomic E-state index is 13.6. The lowest BCUT2D eigenvalue weighted by Gasteiger charge is -2.28. The molecule has 0 radical (unpaired) electrons. The van der Waals surface area contributed by atoms with Crippen LogP contribution in [0, 0.1) is 6.92 Å². The Morgan fingerprint density at radius 2 is 1.64 bits per heavy atom. The molecule has 0 aliphatic carbocycles. The number of likely N-dealkylation sites (N-methyl/N-ethyl adjacent to an activating group) is 1. The first-order chi connectivity index (χ1) is 15.4. The molecule has 0 unspecified atom stereocenters. The van der Waals surface area contributed by atoms with E-state index in [2.05, 4.69) is 32.3 Å². The van der Waals surface area contributed by atoms with Crippen molar-refractivity contribution in [3.05, 3.63) is 71.9 Å². The number of anilines is 1. The average Bonchev–Trinajstić information content (AvgIpc) is 2.76. The molecule has 0 saturated carbocycles. The van der Waals surface area contributed by atoms with Gasteiger partial charge in [-0.15, -0.1) is 0 Å². The lowest BCUT2D eigenvalue weighted by molar-refractivity contribution is -0.128. The van der Waals surface area contributed by atoms with Crippen molar-refractivity contribution in [2.75, 3.05) is 23.9 Å². The highest BCUT2D eigenvalue weighted by atomic mass is 32.2. The lowest BCUT2D eigenvalue weighted by Crippen LogP contribution is -2.43. The highest BCUT2D eigenvalue weighted by molar-refractivity contribution is 7.92. The molecule has 1 amide bonds. The van der Waals surface area contributed by atoms with Gasteiger partial charge >= 0.3 is 0 Å². The molecule has 0 atom stereocenters. The fraction of sp³-hybridized carbons (Fsp3) is 0.360. The van der Waals surface area contributed by atoms with Crippen molar-refractivity contribution in [3.8, 4) is 0 Å². The van der Waals surface area contributed by atoms with Gasteiger partial charge in [-0.25, -0.2) is 13.4 Å². The molecule has 0 spiro atoms. The van der Waals surface area contributed by atoms with Gasteiger partial charge in [0, 0.05) is 6.54 Å². The van der Waals surface area contributed by atoms with Crippen LogP contribution >= 0.6 is 0 Å². The smallest absolute Gasteiger partial charge is 0.264 e. The third-order valence-electron chi connectivity index (χ3n) is 5.27. The number of nitrogens with two attached hydrogens (primary N) is 1. The molecule has 0 heterocycles. The zero-order valence-electron chi connectivity index (χ0n) is 20.1. The summed E-state index contributed by atoms with van der Waals surface area (Å²) in [6.07, 6.45) is 1.12. The molecule has 33 heavy (non-hydrogen) atoms. The van der Waals surface area contributed by atoms with Gasteiger partial charge in [0.15, 0.2) is 0 Å². The first-order valence-electron chi connectivity index (χ1n) is 10.8. The van der Waals surface area contributed by atoms with Crippen LogP contribution in [-0.2, 0) is 20.2 Å². The molecule has 2 aromatic carbocycles. The minimum Gasteiger partial charge on any atom is -0.390 e. The number of rotatable bonds is 9. The molecule has 0 aromatic heterocycles. The third-order valence-corrected chi connectivity index (χ3v) is 7.06. The van der Waals surface area contributed by atoms with Crippen LogP contribution in [0.3, 0.4) is 0 Å². The van der Waals surface area contributed by atoms with Crippen LogP contribution in [0.25, 0.3) is 0 Å². The van der Waals surface area contributed by atoms with Crippen molar-refractivity contribution in [2.45, 2.75) is 44.9 Å². The van der Waals surface area contributed by atoms with Gasteiger partial charge < -0.3 is 10.6 Å². The molecular weight excluding hydrogens is 436 g/mol. The summed E-state index contributed by atoms with van der Waals surface area (Å²) in [4.78, 5) is 18.6. The highest BCUT2D eigenvalue weighted by Gasteiger charge is 2.29. The van der Waals surface area contributed by atoms with Gasteiger partial charge in [0.2, 0.25) is 5.91 Å². The van der Waals surface area contributed by atoms with E-state index in [1.54, 1.807) is 24.3 Å². The minimum atomic E-state index is -3.99. The van der Waals surface area contributed by atoms with Gasteiger partial charge in [-0.2, -0.15) is 0 Å². The molecule has 0 bridgehead atoms. The van der Waals surface area contributed by atoms with Gasteiger partial charge in [0.1, 0.15) is 6.54 Å². The van der Waals surface area contributed by atoms with E-state index in [4.69, 9.17) is 5.73 Å². The summed E-state index contributed by atoms with van der Waals surface area (Å²) in [5, 5.41) is 0. The van der Waals surface area contributed by atoms with E-state index in [-0.39, 0.29) is 29.3 Å². The molecule has 8 heteroatoms. The Morgan fingerprint density at radius 3 is 2.12 bits per heavy atom. The molecule has 2 aromatic rings. The van der Waals surface area contributed by atoms with Crippen molar-refractivity contribution >= 4 is 28.0 Å². The molecule has 0 fully saturated rings. The van der Waals surface area contributed by atoms with E-state index in [9.17, 15) is 13.2 Å². The number of benzene rings is 2. The van der Waals surface area contributed by atoms with E-state index in [0.717, 1.165) is 21.8 Å². The first-order valence-corrected chi connectivity index (χ1v) is 12.2. The lowest BCUT2D eigenvalue weighted by atomic mass is 9.87. The second kappa shape index (κ2) is 10.7. The molecule has 0 saturated heterocycles. The molecule has 2 rings (SSSR count). The number of amides is 1. The minimum absolute atomic E-state index is 0.106. The quantitative estimate of drug-likeness (QED) is 0.445. The van der Waals surface area contributed by atoms with E-state index in [1.807, 2.05) is 38.1 Å². The average molecular weight is 471 g/mol. The van der Waals surface area contributed by atoms with E-state index >= 15 is 0 Å². The molecule has 7 nitrogen and oxygen atoms in total. The number of hydrogen-bond donors (Lipinski definition) is 1. The van der Waals surface area contributed by atoms with E-state index in [0.29, 0.717) is 17.9 Å². The van der Waals surface area contributed by atoms with Gasteiger partial charge in [-0.05, 0) is 49.1 Å². The number of carbonyl (C=O) groups is 1. The second-order valence-corrected chi connectivity index (χ2v) is 10.7. The van der Waals surface area contributed by atoms with Crippen molar-refractivity contribution in [1.82, 2.24) is 4.90 Å². The van der Waals surface area contributed by atoms with E-state index < -0.39 is 10.0 Å². The zero-order valence-corrected chi connectivity index (χ0v) is 20.9. The number of hydrogen-bond acceptors (Lipinski definition) is 4. The standard InChI is InChI=1S/C25H34N4O3S/c1-7-28(16-20(3)27-18-26)24(30)17-29(22-12-8-19(2)9-13-22)33(31,32)23-14-10-21(11-15-23)25(4,5)6/h8-15,18H,3,7,16-17H2,1-2,4-6H3,(H2,26,27). The summed E-state index contributed by atoms with van der Waals surface area (Å²) in [6.45, 7) is 13.9. The first kappa shape index (κ1) is 26.1. The summed E-state index contributed by atoms with van der Waals surface area (Å²) in [5.74, 6) is -0.360. The van der Waals surface area contributed by atoms with Crippen LogP contribution in [0.2, 0.25) is 0 Å². The fourth-order valence-electron chi connectivity index (χ4n) is 3.25. The second-order valence-electron chi connectivity index (χ2n) is 8.87. The zero-order chi connectivity index (χ0) is 24.8. The third kappa shape index (κ3) is 6.68. The van der Waals surface area contributed by atoms with Gasteiger partial charge in [-0.1, -0.05) is 57.2 Å². The Hall–Kier alpha value is -3.13. The Bertz CT molecular complexity index is 1100. The van der Waals surface area contributed by atoms with Gasteiger partial charge in [0.05, 0.1) is 29.2 Å². The maximum Gasteiger partial charge on any atom is 0.264 e. The Kier molecular flexibility index (Phi) is 8.44. The topological polar surface area (TPSA) is 96.1 Å². The number of carbonyl (C=O) groups excluding carboxylic acids is 1. The normalized spacial score (nSPS) is 12.0. The molecule has 2 N–H and O–H groups in total. The number of nitrogens with zero attached hydrogens (tertiary/aromatic N) is 3. The summed E-state index contributed by atoms with van der Waals surface area (Å²) in [7, 11) is -3.99. The predicted octanol–water partition coefficient (Wildman–Crippen LogP) is 3.84. The molecule has 178 valence electrons. The van der Waals surface area contributed by atoms with Crippen LogP contribution in [0.5, 0.6) is 0 Å². The molecular formula is C25H34N4O3S.